The molecule has 0 spiro atoms. The average molecular weight is 392 g/mol. The van der Waals surface area contributed by atoms with Crippen molar-refractivity contribution in [1.29, 1.82) is 0 Å². The maximum Gasteiger partial charge on any atom is 0.224 e. The first-order chi connectivity index (χ1) is 14.2. The highest BCUT2D eigenvalue weighted by atomic mass is 16.5. The van der Waals surface area contributed by atoms with Gasteiger partial charge in [0, 0.05) is 25.4 Å². The van der Waals surface area contributed by atoms with E-state index in [1.807, 2.05) is 42.5 Å². The van der Waals surface area contributed by atoms with Crippen LogP contribution in [0.15, 0.2) is 61.1 Å². The van der Waals surface area contributed by atoms with Gasteiger partial charge < -0.3 is 20.1 Å². The van der Waals surface area contributed by atoms with E-state index in [1.54, 1.807) is 32.8 Å². The summed E-state index contributed by atoms with van der Waals surface area (Å²) in [6, 6.07) is 13.2. The van der Waals surface area contributed by atoms with Crippen molar-refractivity contribution in [3.8, 4) is 11.5 Å². The second-order valence-corrected chi connectivity index (χ2v) is 6.38. The summed E-state index contributed by atoms with van der Waals surface area (Å²) < 4.78 is 10.5. The number of anilines is 2. The Balaban J connectivity index is 1.48. The number of aryl methyl sites for hydroxylation is 1. The number of amides is 1. The first kappa shape index (κ1) is 20.1. The molecule has 3 rings (SSSR count). The van der Waals surface area contributed by atoms with Gasteiger partial charge in [-0.2, -0.15) is 0 Å². The molecule has 0 bridgehead atoms. The van der Waals surface area contributed by atoms with Gasteiger partial charge in [0.25, 0.3) is 0 Å². The molecule has 0 saturated heterocycles. The first-order valence-electron chi connectivity index (χ1n) is 9.27. The molecule has 0 atom stereocenters. The van der Waals surface area contributed by atoms with E-state index >= 15 is 0 Å². The highest BCUT2D eigenvalue weighted by molar-refractivity contribution is 5.90. The standard InChI is InChI=1S/C22H24N4O3/c1-28-19-6-3-16(13-20(19)29-2)4-8-22(27)26-18-5-7-21(25-15-18)24-14-17-9-11-23-12-10-17/h3,5-7,9-13,15H,4,8,14H2,1-2H3,(H,24,25)(H,26,27). The van der Waals surface area contributed by atoms with Crippen molar-refractivity contribution in [1.82, 2.24) is 9.97 Å². The minimum Gasteiger partial charge on any atom is -0.493 e. The molecule has 0 fully saturated rings. The monoisotopic (exact) mass is 392 g/mol. The molecule has 150 valence electrons. The molecule has 0 aliphatic heterocycles. The van der Waals surface area contributed by atoms with Crippen LogP contribution in [0, 0.1) is 0 Å². The predicted molar refractivity (Wildman–Crippen MR) is 112 cm³/mol. The quantitative estimate of drug-likeness (QED) is 0.578. The third-order valence-electron chi connectivity index (χ3n) is 4.36. The van der Waals surface area contributed by atoms with E-state index < -0.39 is 0 Å². The Labute approximate surface area is 170 Å². The summed E-state index contributed by atoms with van der Waals surface area (Å²) in [5.41, 5.74) is 2.79. The van der Waals surface area contributed by atoms with Gasteiger partial charge in [0.2, 0.25) is 5.91 Å². The van der Waals surface area contributed by atoms with Crippen molar-refractivity contribution in [3.05, 3.63) is 72.2 Å². The van der Waals surface area contributed by atoms with Gasteiger partial charge in [0.15, 0.2) is 11.5 Å². The SMILES string of the molecule is COc1ccc(CCC(=O)Nc2ccc(NCc3ccncc3)nc2)cc1OC. The van der Waals surface area contributed by atoms with Gasteiger partial charge in [-0.15, -0.1) is 0 Å². The number of methoxy groups -OCH3 is 2. The van der Waals surface area contributed by atoms with Crippen LogP contribution in [0.1, 0.15) is 17.5 Å². The number of aromatic nitrogens is 2. The zero-order valence-electron chi connectivity index (χ0n) is 16.5. The molecular formula is C22H24N4O3. The van der Waals surface area contributed by atoms with Gasteiger partial charge in [0.1, 0.15) is 5.82 Å². The van der Waals surface area contributed by atoms with Crippen molar-refractivity contribution in [2.45, 2.75) is 19.4 Å². The van der Waals surface area contributed by atoms with E-state index in [9.17, 15) is 4.79 Å². The number of rotatable bonds is 9. The zero-order chi connectivity index (χ0) is 20.5. The summed E-state index contributed by atoms with van der Waals surface area (Å²) in [5.74, 6) is 2.00. The van der Waals surface area contributed by atoms with Crippen LogP contribution in [0.25, 0.3) is 0 Å². The maximum absolute atomic E-state index is 12.2. The summed E-state index contributed by atoms with van der Waals surface area (Å²) in [6.07, 6.45) is 6.11. The van der Waals surface area contributed by atoms with E-state index in [0.29, 0.717) is 36.6 Å². The Morgan fingerprint density at radius 2 is 1.76 bits per heavy atom. The number of carbonyl (C=O) groups excluding carboxylic acids is 1. The number of nitrogens with zero attached hydrogens (tertiary/aromatic N) is 2. The lowest BCUT2D eigenvalue weighted by molar-refractivity contribution is -0.116. The van der Waals surface area contributed by atoms with E-state index in [0.717, 1.165) is 16.9 Å². The van der Waals surface area contributed by atoms with Crippen molar-refractivity contribution in [3.63, 3.8) is 0 Å². The molecule has 3 aromatic rings. The van der Waals surface area contributed by atoms with Crippen LogP contribution in [0.2, 0.25) is 0 Å². The van der Waals surface area contributed by atoms with Crippen molar-refractivity contribution < 1.29 is 14.3 Å². The van der Waals surface area contributed by atoms with Gasteiger partial charge in [-0.25, -0.2) is 4.98 Å². The lowest BCUT2D eigenvalue weighted by Crippen LogP contribution is -2.12. The van der Waals surface area contributed by atoms with Crippen LogP contribution in [0.3, 0.4) is 0 Å². The molecule has 0 aliphatic carbocycles. The molecule has 2 heterocycles. The van der Waals surface area contributed by atoms with Crippen LogP contribution < -0.4 is 20.1 Å². The fourth-order valence-electron chi connectivity index (χ4n) is 2.78. The summed E-state index contributed by atoms with van der Waals surface area (Å²) in [7, 11) is 3.19. The third-order valence-corrected chi connectivity index (χ3v) is 4.36. The molecule has 2 N–H and O–H groups in total. The number of carbonyl (C=O) groups is 1. The van der Waals surface area contributed by atoms with Crippen LogP contribution in [0.5, 0.6) is 11.5 Å². The summed E-state index contributed by atoms with van der Waals surface area (Å²) in [4.78, 5) is 20.6. The number of ether oxygens (including phenoxy) is 2. The second-order valence-electron chi connectivity index (χ2n) is 6.38. The summed E-state index contributed by atoms with van der Waals surface area (Å²) >= 11 is 0. The van der Waals surface area contributed by atoms with Crippen LogP contribution in [-0.2, 0) is 17.8 Å². The van der Waals surface area contributed by atoms with E-state index in [4.69, 9.17) is 9.47 Å². The van der Waals surface area contributed by atoms with E-state index in [-0.39, 0.29) is 5.91 Å². The minimum atomic E-state index is -0.0703. The second kappa shape index (κ2) is 10.1. The number of benzene rings is 1. The molecule has 1 aromatic carbocycles. The molecule has 1 amide bonds. The molecule has 29 heavy (non-hydrogen) atoms. The molecule has 0 radical (unpaired) electrons. The largest absolute Gasteiger partial charge is 0.493 e. The van der Waals surface area contributed by atoms with Crippen molar-refractivity contribution in [2.24, 2.45) is 0 Å². The van der Waals surface area contributed by atoms with Gasteiger partial charge in [-0.05, 0) is 53.9 Å². The molecule has 2 aromatic heterocycles. The van der Waals surface area contributed by atoms with Crippen molar-refractivity contribution >= 4 is 17.4 Å². The normalized spacial score (nSPS) is 10.3. The van der Waals surface area contributed by atoms with E-state index in [1.165, 1.54) is 0 Å². The van der Waals surface area contributed by atoms with Crippen molar-refractivity contribution in [2.75, 3.05) is 24.9 Å². The number of hydrogen-bond acceptors (Lipinski definition) is 6. The highest BCUT2D eigenvalue weighted by Crippen LogP contribution is 2.28. The number of hydrogen-bond donors (Lipinski definition) is 2. The van der Waals surface area contributed by atoms with Gasteiger partial charge in [0.05, 0.1) is 26.1 Å². The summed E-state index contributed by atoms with van der Waals surface area (Å²) in [6.45, 7) is 0.659. The zero-order valence-corrected chi connectivity index (χ0v) is 16.5. The Bertz CT molecular complexity index is 931. The predicted octanol–water partition coefficient (Wildman–Crippen LogP) is 3.68. The third kappa shape index (κ3) is 5.93. The lowest BCUT2D eigenvalue weighted by atomic mass is 10.1. The molecule has 7 nitrogen and oxygen atoms in total. The number of nitrogens with one attached hydrogen (secondary N) is 2. The van der Waals surface area contributed by atoms with Crippen LogP contribution in [0.4, 0.5) is 11.5 Å². The molecular weight excluding hydrogens is 368 g/mol. The van der Waals surface area contributed by atoms with E-state index in [2.05, 4.69) is 20.6 Å². The average Bonchev–Trinajstić information content (AvgIpc) is 2.77. The Morgan fingerprint density at radius 3 is 2.45 bits per heavy atom. The lowest BCUT2D eigenvalue weighted by Gasteiger charge is -2.10. The molecule has 0 unspecified atom stereocenters. The molecule has 7 heteroatoms. The Morgan fingerprint density at radius 1 is 0.966 bits per heavy atom. The fourth-order valence-corrected chi connectivity index (χ4v) is 2.78. The molecule has 0 aliphatic rings. The smallest absolute Gasteiger partial charge is 0.224 e. The molecule has 0 saturated carbocycles. The topological polar surface area (TPSA) is 85.4 Å². The minimum absolute atomic E-state index is 0.0703. The van der Waals surface area contributed by atoms with Gasteiger partial charge >= 0.3 is 0 Å². The van der Waals surface area contributed by atoms with Gasteiger partial charge in [-0.3, -0.25) is 9.78 Å². The Hall–Kier alpha value is -3.61. The number of pyridine rings is 2. The Kier molecular flexibility index (Phi) is 7.00. The maximum atomic E-state index is 12.2. The summed E-state index contributed by atoms with van der Waals surface area (Å²) in [5, 5.41) is 6.11. The highest BCUT2D eigenvalue weighted by Gasteiger charge is 2.08. The fraction of sp³-hybridized carbons (Fsp3) is 0.227. The van der Waals surface area contributed by atoms with Crippen LogP contribution >= 0.6 is 0 Å². The van der Waals surface area contributed by atoms with Crippen LogP contribution in [-0.4, -0.2) is 30.1 Å². The first-order valence-corrected chi connectivity index (χ1v) is 9.27. The van der Waals surface area contributed by atoms with Gasteiger partial charge in [-0.1, -0.05) is 6.07 Å².